The predicted molar refractivity (Wildman–Crippen MR) is 76.1 cm³/mol. The molecule has 2 rings (SSSR count). The zero-order valence-electron chi connectivity index (χ0n) is 10.5. The summed E-state index contributed by atoms with van der Waals surface area (Å²) in [7, 11) is 0. The van der Waals surface area contributed by atoms with Crippen LogP contribution in [0.5, 0.6) is 0 Å². The molecule has 0 heterocycles. The Kier molecular flexibility index (Phi) is 4.74. The van der Waals surface area contributed by atoms with Gasteiger partial charge < -0.3 is 5.32 Å². The summed E-state index contributed by atoms with van der Waals surface area (Å²) >= 11 is 12.1. The minimum atomic E-state index is -0.398. The van der Waals surface area contributed by atoms with E-state index >= 15 is 0 Å². The maximum atomic E-state index is 13.1. The second-order valence-corrected chi connectivity index (χ2v) is 6.01. The molecule has 0 aliphatic heterocycles. The molecule has 1 N–H and O–H groups in total. The highest BCUT2D eigenvalue weighted by Crippen LogP contribution is 2.34. The predicted octanol–water partition coefficient (Wildman–Crippen LogP) is 5.51. The monoisotopic (exact) mass is 289 g/mol. The minimum absolute atomic E-state index is 0.359. The molecule has 1 aromatic rings. The number of nitrogens with one attached hydrogen (secondary N) is 1. The molecule has 1 aliphatic carbocycles. The Balaban J connectivity index is 2.09. The van der Waals surface area contributed by atoms with Crippen molar-refractivity contribution in [3.8, 4) is 0 Å². The summed E-state index contributed by atoms with van der Waals surface area (Å²) < 4.78 is 13.1. The van der Waals surface area contributed by atoms with Gasteiger partial charge in [-0.3, -0.25) is 0 Å². The first-order chi connectivity index (χ1) is 8.56. The molecule has 1 saturated carbocycles. The summed E-state index contributed by atoms with van der Waals surface area (Å²) in [6, 6.07) is 2.99. The van der Waals surface area contributed by atoms with Gasteiger partial charge in [0.25, 0.3) is 0 Å². The maximum absolute atomic E-state index is 13.1. The van der Waals surface area contributed by atoms with E-state index in [-0.39, 0.29) is 0 Å². The van der Waals surface area contributed by atoms with Crippen LogP contribution in [-0.4, -0.2) is 6.04 Å². The Hall–Kier alpha value is -0.470. The highest BCUT2D eigenvalue weighted by Gasteiger charge is 2.18. The van der Waals surface area contributed by atoms with E-state index in [1.165, 1.54) is 31.4 Å². The van der Waals surface area contributed by atoms with Crippen LogP contribution in [-0.2, 0) is 0 Å². The molecule has 100 valence electrons. The van der Waals surface area contributed by atoms with Crippen LogP contribution in [0.3, 0.4) is 0 Å². The van der Waals surface area contributed by atoms with Crippen LogP contribution >= 0.6 is 23.2 Å². The van der Waals surface area contributed by atoms with Gasteiger partial charge >= 0.3 is 0 Å². The largest absolute Gasteiger partial charge is 0.380 e. The van der Waals surface area contributed by atoms with Crippen LogP contribution in [0.4, 0.5) is 10.1 Å². The van der Waals surface area contributed by atoms with Gasteiger partial charge in [-0.1, -0.05) is 43.0 Å². The third-order valence-corrected chi connectivity index (χ3v) is 4.21. The molecule has 18 heavy (non-hydrogen) atoms. The Labute approximate surface area is 118 Å². The van der Waals surface area contributed by atoms with Crippen molar-refractivity contribution in [2.45, 2.75) is 45.1 Å². The fraction of sp³-hybridized carbons (Fsp3) is 0.571. The van der Waals surface area contributed by atoms with E-state index in [4.69, 9.17) is 23.2 Å². The van der Waals surface area contributed by atoms with Crippen LogP contribution < -0.4 is 5.32 Å². The molecular formula is C14H18Cl2FN. The normalized spacial score (nSPS) is 24.7. The molecule has 1 fully saturated rings. The number of hydrogen-bond donors (Lipinski definition) is 1. The zero-order valence-corrected chi connectivity index (χ0v) is 12.0. The lowest BCUT2D eigenvalue weighted by Crippen LogP contribution is -2.19. The SMILES string of the molecule is CC1CCCC(Nc2c(Cl)cc(F)cc2Cl)CC1. The van der Waals surface area contributed by atoms with Gasteiger partial charge in [0, 0.05) is 6.04 Å². The first kappa shape index (κ1) is 14.0. The third-order valence-electron chi connectivity index (χ3n) is 3.61. The second kappa shape index (κ2) is 6.12. The molecule has 2 atom stereocenters. The van der Waals surface area contributed by atoms with Gasteiger partial charge in [0.15, 0.2) is 0 Å². The van der Waals surface area contributed by atoms with Crippen molar-refractivity contribution in [3.05, 3.63) is 28.0 Å². The Morgan fingerprint density at radius 1 is 1.11 bits per heavy atom. The van der Waals surface area contributed by atoms with Gasteiger partial charge in [-0.15, -0.1) is 0 Å². The van der Waals surface area contributed by atoms with E-state index in [1.54, 1.807) is 0 Å². The number of benzene rings is 1. The van der Waals surface area contributed by atoms with Crippen LogP contribution in [0.2, 0.25) is 10.0 Å². The molecule has 0 radical (unpaired) electrons. The fourth-order valence-electron chi connectivity index (χ4n) is 2.52. The highest BCUT2D eigenvalue weighted by atomic mass is 35.5. The number of hydrogen-bond acceptors (Lipinski definition) is 1. The zero-order chi connectivity index (χ0) is 13.1. The topological polar surface area (TPSA) is 12.0 Å². The smallest absolute Gasteiger partial charge is 0.126 e. The molecule has 1 aromatic carbocycles. The molecule has 0 spiro atoms. The summed E-state index contributed by atoms with van der Waals surface area (Å²) in [5, 5.41) is 4.09. The standard InChI is InChI=1S/C14H18Cl2FN/c1-9-3-2-4-11(6-5-9)18-14-12(15)7-10(17)8-13(14)16/h7-9,11,18H,2-6H2,1H3. The maximum Gasteiger partial charge on any atom is 0.126 e. The first-order valence-electron chi connectivity index (χ1n) is 6.47. The van der Waals surface area contributed by atoms with Crippen molar-refractivity contribution in [2.75, 3.05) is 5.32 Å². The van der Waals surface area contributed by atoms with Crippen molar-refractivity contribution in [2.24, 2.45) is 5.92 Å². The van der Waals surface area contributed by atoms with Gasteiger partial charge in [-0.25, -0.2) is 4.39 Å². The van der Waals surface area contributed by atoms with Crippen molar-refractivity contribution in [1.82, 2.24) is 0 Å². The van der Waals surface area contributed by atoms with E-state index in [9.17, 15) is 4.39 Å². The molecule has 1 nitrogen and oxygen atoms in total. The molecule has 4 heteroatoms. The fourth-order valence-corrected chi connectivity index (χ4v) is 3.09. The van der Waals surface area contributed by atoms with Crippen molar-refractivity contribution in [3.63, 3.8) is 0 Å². The van der Waals surface area contributed by atoms with Gasteiger partial charge in [0.1, 0.15) is 5.82 Å². The average molecular weight is 290 g/mol. The minimum Gasteiger partial charge on any atom is -0.380 e. The Bertz CT molecular complexity index is 399. The Morgan fingerprint density at radius 2 is 1.78 bits per heavy atom. The highest BCUT2D eigenvalue weighted by molar-refractivity contribution is 6.39. The molecule has 0 aromatic heterocycles. The van der Waals surface area contributed by atoms with Gasteiger partial charge in [0.2, 0.25) is 0 Å². The van der Waals surface area contributed by atoms with Gasteiger partial charge in [0.05, 0.1) is 15.7 Å². The third kappa shape index (κ3) is 3.52. The van der Waals surface area contributed by atoms with E-state index in [2.05, 4.69) is 12.2 Å². The van der Waals surface area contributed by atoms with E-state index < -0.39 is 5.82 Å². The quantitative estimate of drug-likeness (QED) is 0.708. The second-order valence-electron chi connectivity index (χ2n) is 5.20. The number of halogens is 3. The molecule has 0 saturated heterocycles. The molecular weight excluding hydrogens is 272 g/mol. The van der Waals surface area contributed by atoms with Crippen molar-refractivity contribution < 1.29 is 4.39 Å². The van der Waals surface area contributed by atoms with Crippen LogP contribution in [0.25, 0.3) is 0 Å². The van der Waals surface area contributed by atoms with Crippen molar-refractivity contribution in [1.29, 1.82) is 0 Å². The van der Waals surface area contributed by atoms with Crippen molar-refractivity contribution >= 4 is 28.9 Å². The van der Waals surface area contributed by atoms with Crippen LogP contribution in [0, 0.1) is 11.7 Å². The summed E-state index contributed by atoms with van der Waals surface area (Å²) in [6.45, 7) is 2.29. The lowest BCUT2D eigenvalue weighted by Gasteiger charge is -2.19. The molecule has 0 bridgehead atoms. The lowest BCUT2D eigenvalue weighted by atomic mass is 10.0. The van der Waals surface area contributed by atoms with Gasteiger partial charge in [-0.2, -0.15) is 0 Å². The Morgan fingerprint density at radius 3 is 2.44 bits per heavy atom. The molecule has 0 amide bonds. The average Bonchev–Trinajstić information content (AvgIpc) is 2.48. The summed E-state index contributed by atoms with van der Waals surface area (Å²) in [5.74, 6) is 0.390. The van der Waals surface area contributed by atoms with Gasteiger partial charge in [-0.05, 0) is 37.3 Å². The molecule has 2 unspecified atom stereocenters. The summed E-state index contributed by atoms with van der Waals surface area (Å²) in [4.78, 5) is 0. The lowest BCUT2D eigenvalue weighted by molar-refractivity contribution is 0.502. The van der Waals surface area contributed by atoms with E-state index in [0.717, 1.165) is 18.8 Å². The summed E-state index contributed by atoms with van der Waals surface area (Å²) in [5.41, 5.74) is 0.666. The molecule has 1 aliphatic rings. The first-order valence-corrected chi connectivity index (χ1v) is 7.23. The number of anilines is 1. The summed E-state index contributed by atoms with van der Waals surface area (Å²) in [6.07, 6.45) is 5.95. The van der Waals surface area contributed by atoms with E-state index in [1.807, 2.05) is 0 Å². The van der Waals surface area contributed by atoms with E-state index in [0.29, 0.717) is 21.8 Å². The van der Waals surface area contributed by atoms with Crippen LogP contribution in [0.15, 0.2) is 12.1 Å². The van der Waals surface area contributed by atoms with Crippen LogP contribution in [0.1, 0.15) is 39.0 Å². The number of rotatable bonds is 2.